The lowest BCUT2D eigenvalue weighted by Gasteiger charge is -2.26. The average molecular weight is 250 g/mol. The molecule has 1 aliphatic carbocycles. The lowest BCUT2D eigenvalue weighted by Crippen LogP contribution is -2.30. The molecule has 1 aromatic rings. The first-order valence-electron chi connectivity index (χ1n) is 6.25. The number of benzene rings is 1. The van der Waals surface area contributed by atoms with Gasteiger partial charge in [-0.25, -0.2) is 0 Å². The standard InChI is InChI=1S/C13H18N2O3/c14-11-4-6-13(7-5-11)18-9-10-2-1-3-12(8-10)15(16)17/h1-3,8,11,13H,4-7,9,14H2/t11-,13-. The van der Waals surface area contributed by atoms with Crippen LogP contribution < -0.4 is 5.73 Å². The van der Waals surface area contributed by atoms with Gasteiger partial charge in [-0.05, 0) is 31.2 Å². The Balaban J connectivity index is 1.86. The molecule has 0 spiro atoms. The van der Waals surface area contributed by atoms with Gasteiger partial charge in [0.25, 0.3) is 5.69 Å². The first-order valence-corrected chi connectivity index (χ1v) is 6.25. The van der Waals surface area contributed by atoms with Gasteiger partial charge in [0.1, 0.15) is 0 Å². The van der Waals surface area contributed by atoms with Crippen LogP contribution in [0.4, 0.5) is 5.69 Å². The van der Waals surface area contributed by atoms with E-state index in [4.69, 9.17) is 10.5 Å². The summed E-state index contributed by atoms with van der Waals surface area (Å²) >= 11 is 0. The quantitative estimate of drug-likeness (QED) is 0.657. The number of nitrogens with two attached hydrogens (primary N) is 1. The molecule has 0 atom stereocenters. The molecule has 1 aliphatic rings. The van der Waals surface area contributed by atoms with Crippen LogP contribution in [0.2, 0.25) is 0 Å². The zero-order valence-corrected chi connectivity index (χ0v) is 10.2. The van der Waals surface area contributed by atoms with Crippen molar-refractivity contribution < 1.29 is 9.66 Å². The largest absolute Gasteiger partial charge is 0.374 e. The minimum absolute atomic E-state index is 0.113. The van der Waals surface area contributed by atoms with Crippen LogP contribution in [0.5, 0.6) is 0 Å². The fraction of sp³-hybridized carbons (Fsp3) is 0.538. The number of hydrogen-bond donors (Lipinski definition) is 1. The Morgan fingerprint density at radius 1 is 1.33 bits per heavy atom. The van der Waals surface area contributed by atoms with E-state index in [1.165, 1.54) is 6.07 Å². The highest BCUT2D eigenvalue weighted by Gasteiger charge is 2.19. The zero-order chi connectivity index (χ0) is 13.0. The predicted octanol–water partition coefficient (Wildman–Crippen LogP) is 2.38. The van der Waals surface area contributed by atoms with Gasteiger partial charge in [0.05, 0.1) is 17.6 Å². The number of non-ortho nitro benzene ring substituents is 1. The molecule has 5 heteroatoms. The normalized spacial score (nSPS) is 23.8. The molecule has 0 amide bonds. The van der Waals surface area contributed by atoms with Gasteiger partial charge < -0.3 is 10.5 Å². The topological polar surface area (TPSA) is 78.4 Å². The van der Waals surface area contributed by atoms with Crippen LogP contribution in [0.3, 0.4) is 0 Å². The van der Waals surface area contributed by atoms with Gasteiger partial charge in [-0.2, -0.15) is 0 Å². The lowest BCUT2D eigenvalue weighted by molar-refractivity contribution is -0.385. The summed E-state index contributed by atoms with van der Waals surface area (Å²) in [6, 6.07) is 6.90. The first-order chi connectivity index (χ1) is 8.65. The van der Waals surface area contributed by atoms with E-state index >= 15 is 0 Å². The molecule has 1 aromatic carbocycles. The van der Waals surface area contributed by atoms with Crippen LogP contribution in [0, 0.1) is 10.1 Å². The minimum atomic E-state index is -0.386. The molecule has 0 aromatic heterocycles. The monoisotopic (exact) mass is 250 g/mol. The van der Waals surface area contributed by atoms with Crippen LogP contribution in [-0.4, -0.2) is 17.1 Å². The maximum Gasteiger partial charge on any atom is 0.269 e. The molecule has 0 bridgehead atoms. The van der Waals surface area contributed by atoms with E-state index in [1.807, 2.05) is 6.07 Å². The Morgan fingerprint density at radius 2 is 2.06 bits per heavy atom. The number of nitrogens with zero attached hydrogens (tertiary/aromatic N) is 1. The summed E-state index contributed by atoms with van der Waals surface area (Å²) < 4.78 is 5.77. The van der Waals surface area contributed by atoms with E-state index in [1.54, 1.807) is 12.1 Å². The Bertz CT molecular complexity index is 414. The molecule has 0 unspecified atom stereocenters. The summed E-state index contributed by atoms with van der Waals surface area (Å²) in [5.41, 5.74) is 6.79. The fourth-order valence-electron chi connectivity index (χ4n) is 2.23. The Hall–Kier alpha value is -1.46. The highest BCUT2D eigenvalue weighted by molar-refractivity contribution is 5.33. The lowest BCUT2D eigenvalue weighted by atomic mass is 9.94. The fourth-order valence-corrected chi connectivity index (χ4v) is 2.23. The van der Waals surface area contributed by atoms with Crippen LogP contribution in [0.15, 0.2) is 24.3 Å². The molecule has 0 aliphatic heterocycles. The van der Waals surface area contributed by atoms with Crippen molar-refractivity contribution in [3.63, 3.8) is 0 Å². The Labute approximate surface area is 106 Å². The van der Waals surface area contributed by atoms with Gasteiger partial charge >= 0.3 is 0 Å². The van der Waals surface area contributed by atoms with Crippen molar-refractivity contribution in [2.45, 2.75) is 44.4 Å². The second-order valence-corrected chi connectivity index (χ2v) is 4.77. The average Bonchev–Trinajstić information content (AvgIpc) is 2.38. The number of nitro groups is 1. The van der Waals surface area contributed by atoms with Crippen LogP contribution >= 0.6 is 0 Å². The molecule has 98 valence electrons. The van der Waals surface area contributed by atoms with E-state index in [9.17, 15) is 10.1 Å². The van der Waals surface area contributed by atoms with E-state index in [0.717, 1.165) is 31.2 Å². The molecule has 0 saturated heterocycles. The summed E-state index contributed by atoms with van der Waals surface area (Å²) in [7, 11) is 0. The van der Waals surface area contributed by atoms with E-state index in [0.29, 0.717) is 12.6 Å². The van der Waals surface area contributed by atoms with Crippen molar-refractivity contribution in [1.29, 1.82) is 0 Å². The predicted molar refractivity (Wildman–Crippen MR) is 68.1 cm³/mol. The van der Waals surface area contributed by atoms with Crippen molar-refractivity contribution in [2.75, 3.05) is 0 Å². The van der Waals surface area contributed by atoms with Gasteiger partial charge in [0.2, 0.25) is 0 Å². The van der Waals surface area contributed by atoms with Gasteiger partial charge in [-0.15, -0.1) is 0 Å². The van der Waals surface area contributed by atoms with E-state index in [-0.39, 0.29) is 16.7 Å². The number of rotatable bonds is 4. The smallest absolute Gasteiger partial charge is 0.269 e. The number of hydrogen-bond acceptors (Lipinski definition) is 4. The second kappa shape index (κ2) is 5.93. The van der Waals surface area contributed by atoms with Crippen molar-refractivity contribution >= 4 is 5.69 Å². The Morgan fingerprint density at radius 3 is 2.72 bits per heavy atom. The second-order valence-electron chi connectivity index (χ2n) is 4.77. The minimum Gasteiger partial charge on any atom is -0.374 e. The molecule has 1 fully saturated rings. The summed E-state index contributed by atoms with van der Waals surface area (Å²) in [6.45, 7) is 0.432. The molecule has 0 radical (unpaired) electrons. The number of nitro benzene ring substituents is 1. The van der Waals surface area contributed by atoms with Crippen molar-refractivity contribution in [3.8, 4) is 0 Å². The highest BCUT2D eigenvalue weighted by Crippen LogP contribution is 2.21. The third-order valence-electron chi connectivity index (χ3n) is 3.33. The van der Waals surface area contributed by atoms with Gasteiger partial charge in [-0.1, -0.05) is 12.1 Å². The third kappa shape index (κ3) is 3.51. The summed E-state index contributed by atoms with van der Waals surface area (Å²) in [5, 5.41) is 10.6. The SMILES string of the molecule is N[C@H]1CC[C@H](OCc2cccc([N+](=O)[O-])c2)CC1. The number of ether oxygens (including phenoxy) is 1. The van der Waals surface area contributed by atoms with Gasteiger partial charge in [0, 0.05) is 18.2 Å². The molecule has 0 heterocycles. The van der Waals surface area contributed by atoms with Crippen LogP contribution in [-0.2, 0) is 11.3 Å². The van der Waals surface area contributed by atoms with Crippen molar-refractivity contribution in [2.24, 2.45) is 5.73 Å². The molecule has 18 heavy (non-hydrogen) atoms. The molecule has 5 nitrogen and oxygen atoms in total. The molecule has 2 rings (SSSR count). The third-order valence-corrected chi connectivity index (χ3v) is 3.33. The molecular weight excluding hydrogens is 232 g/mol. The Kier molecular flexibility index (Phi) is 4.28. The van der Waals surface area contributed by atoms with E-state index < -0.39 is 0 Å². The first kappa shape index (κ1) is 13.0. The maximum absolute atomic E-state index is 10.6. The summed E-state index contributed by atoms with van der Waals surface area (Å²) in [6.07, 6.45) is 4.20. The van der Waals surface area contributed by atoms with Crippen molar-refractivity contribution in [1.82, 2.24) is 0 Å². The molecule has 1 saturated carbocycles. The highest BCUT2D eigenvalue weighted by atomic mass is 16.6. The maximum atomic E-state index is 10.6. The summed E-state index contributed by atoms with van der Waals surface area (Å²) in [4.78, 5) is 10.3. The van der Waals surface area contributed by atoms with Crippen LogP contribution in [0.1, 0.15) is 31.2 Å². The van der Waals surface area contributed by atoms with E-state index in [2.05, 4.69) is 0 Å². The van der Waals surface area contributed by atoms with Gasteiger partial charge in [-0.3, -0.25) is 10.1 Å². The van der Waals surface area contributed by atoms with Crippen molar-refractivity contribution in [3.05, 3.63) is 39.9 Å². The van der Waals surface area contributed by atoms with Crippen LogP contribution in [0.25, 0.3) is 0 Å². The molecule has 2 N–H and O–H groups in total. The van der Waals surface area contributed by atoms with Gasteiger partial charge in [0.15, 0.2) is 0 Å². The molecular formula is C13H18N2O3. The summed E-state index contributed by atoms with van der Waals surface area (Å²) in [5.74, 6) is 0. The zero-order valence-electron chi connectivity index (χ0n) is 10.2.